The predicted octanol–water partition coefficient (Wildman–Crippen LogP) is 4.75. The van der Waals surface area contributed by atoms with Gasteiger partial charge in [-0.05, 0) is 88.0 Å². The molecule has 1 spiro atoms. The van der Waals surface area contributed by atoms with Crippen LogP contribution in [0.15, 0.2) is 42.5 Å². The highest BCUT2D eigenvalue weighted by molar-refractivity contribution is 6.08. The van der Waals surface area contributed by atoms with Crippen molar-refractivity contribution in [3.63, 3.8) is 0 Å². The van der Waals surface area contributed by atoms with Gasteiger partial charge in [0.2, 0.25) is 0 Å². The van der Waals surface area contributed by atoms with E-state index in [9.17, 15) is 14.0 Å². The molecule has 2 aromatic rings. The zero-order valence-corrected chi connectivity index (χ0v) is 20.6. The van der Waals surface area contributed by atoms with E-state index < -0.39 is 0 Å². The monoisotopic (exact) mass is 479 g/mol. The first-order valence-corrected chi connectivity index (χ1v) is 12.7. The minimum atomic E-state index is -0.248. The Morgan fingerprint density at radius 1 is 1.06 bits per heavy atom. The molecule has 186 valence electrons. The summed E-state index contributed by atoms with van der Waals surface area (Å²) < 4.78 is 19.5. The predicted molar refractivity (Wildman–Crippen MR) is 133 cm³/mol. The molecule has 0 N–H and O–H groups in total. The summed E-state index contributed by atoms with van der Waals surface area (Å²) in [7, 11) is 0. The molecule has 2 amide bonds. The quantitative estimate of drug-likeness (QED) is 0.638. The number of aryl methyl sites for hydroxylation is 1. The Bertz CT molecular complexity index is 1100. The molecule has 3 aliphatic rings. The summed E-state index contributed by atoms with van der Waals surface area (Å²) in [6.07, 6.45) is 3.44. The molecule has 7 heteroatoms. The molecule has 0 saturated carbocycles. The molecule has 3 aliphatic heterocycles. The third kappa shape index (κ3) is 4.42. The first-order chi connectivity index (χ1) is 16.9. The molecule has 2 saturated heterocycles. The van der Waals surface area contributed by atoms with Crippen molar-refractivity contribution in [3.8, 4) is 0 Å². The molecule has 2 aromatic carbocycles. The molecule has 3 heterocycles. The van der Waals surface area contributed by atoms with Gasteiger partial charge in [0, 0.05) is 42.3 Å². The topological polar surface area (TPSA) is 53.1 Å². The van der Waals surface area contributed by atoms with E-state index in [4.69, 9.17) is 4.74 Å². The van der Waals surface area contributed by atoms with E-state index in [-0.39, 0.29) is 23.2 Å². The number of carbonyl (C=O) groups is 2. The Morgan fingerprint density at radius 3 is 2.46 bits per heavy atom. The van der Waals surface area contributed by atoms with E-state index in [1.807, 2.05) is 43.0 Å². The first-order valence-electron chi connectivity index (χ1n) is 12.7. The number of hydrogen-bond donors (Lipinski definition) is 0. The van der Waals surface area contributed by atoms with Gasteiger partial charge in [-0.3, -0.25) is 4.79 Å². The van der Waals surface area contributed by atoms with Gasteiger partial charge in [0.15, 0.2) is 0 Å². The second kappa shape index (κ2) is 9.61. The molecule has 0 aliphatic carbocycles. The third-order valence-electron chi connectivity index (χ3n) is 8.16. The van der Waals surface area contributed by atoms with Crippen molar-refractivity contribution < 1.29 is 18.7 Å². The van der Waals surface area contributed by atoms with Crippen molar-refractivity contribution in [2.75, 3.05) is 44.2 Å². The van der Waals surface area contributed by atoms with Crippen LogP contribution in [0.25, 0.3) is 0 Å². The van der Waals surface area contributed by atoms with E-state index in [0.717, 1.165) is 68.7 Å². The fourth-order valence-electron chi connectivity index (χ4n) is 6.15. The Kier molecular flexibility index (Phi) is 6.53. The summed E-state index contributed by atoms with van der Waals surface area (Å²) in [4.78, 5) is 31.8. The molecular formula is C28H34FN3O3. The van der Waals surface area contributed by atoms with Crippen LogP contribution in [0.4, 0.5) is 14.9 Å². The molecule has 2 fully saturated rings. The first kappa shape index (κ1) is 23.8. The van der Waals surface area contributed by atoms with Gasteiger partial charge in [-0.25, -0.2) is 9.18 Å². The van der Waals surface area contributed by atoms with Crippen LogP contribution < -0.4 is 4.90 Å². The van der Waals surface area contributed by atoms with Gasteiger partial charge < -0.3 is 19.4 Å². The van der Waals surface area contributed by atoms with E-state index in [2.05, 4.69) is 4.90 Å². The Hall–Kier alpha value is -2.93. The summed E-state index contributed by atoms with van der Waals surface area (Å²) in [6, 6.07) is 13.0. The maximum absolute atomic E-state index is 14.4. The summed E-state index contributed by atoms with van der Waals surface area (Å²) in [5.74, 6) is -0.260. The number of benzene rings is 2. The number of halogens is 1. The molecule has 0 atom stereocenters. The van der Waals surface area contributed by atoms with Crippen LogP contribution in [0.1, 0.15) is 54.1 Å². The lowest BCUT2D eigenvalue weighted by molar-refractivity contribution is 0.0576. The minimum Gasteiger partial charge on any atom is -0.450 e. The maximum Gasteiger partial charge on any atom is 0.409 e. The number of anilines is 1. The molecule has 0 unspecified atom stereocenters. The van der Waals surface area contributed by atoms with Crippen molar-refractivity contribution in [2.45, 2.75) is 51.0 Å². The van der Waals surface area contributed by atoms with Crippen molar-refractivity contribution in [1.82, 2.24) is 9.80 Å². The highest BCUT2D eigenvalue weighted by atomic mass is 19.1. The number of hydrogen-bond acceptors (Lipinski definition) is 4. The second-order valence-corrected chi connectivity index (χ2v) is 10.1. The number of likely N-dealkylation sites (tertiary alicyclic amines) is 2. The van der Waals surface area contributed by atoms with Crippen LogP contribution in [0.2, 0.25) is 0 Å². The molecule has 6 nitrogen and oxygen atoms in total. The number of ether oxygens (including phenoxy) is 1. The molecule has 0 bridgehead atoms. The van der Waals surface area contributed by atoms with Gasteiger partial charge in [0.05, 0.1) is 6.61 Å². The van der Waals surface area contributed by atoms with Gasteiger partial charge in [0.1, 0.15) is 5.82 Å². The number of amides is 2. The molecule has 5 rings (SSSR count). The summed E-state index contributed by atoms with van der Waals surface area (Å²) >= 11 is 0. The van der Waals surface area contributed by atoms with Crippen molar-refractivity contribution in [3.05, 3.63) is 65.0 Å². The van der Waals surface area contributed by atoms with Crippen molar-refractivity contribution in [1.29, 1.82) is 0 Å². The summed E-state index contributed by atoms with van der Waals surface area (Å²) in [6.45, 7) is 8.04. The normalized spacial score (nSPS) is 20.2. The number of carbonyl (C=O) groups excluding carboxylic acids is 2. The molecule has 0 radical (unpaired) electrons. The van der Waals surface area contributed by atoms with Crippen molar-refractivity contribution >= 4 is 17.7 Å². The molecule has 0 aromatic heterocycles. The SMILES string of the molecule is CCOC(=O)N1CCC(N2CCC3(CC2)CN(C(=O)c2ccccc2C)c2ccc(F)cc23)CC1. The highest BCUT2D eigenvalue weighted by Gasteiger charge is 2.47. The summed E-state index contributed by atoms with van der Waals surface area (Å²) in [5.41, 5.74) is 3.24. The summed E-state index contributed by atoms with van der Waals surface area (Å²) in [5, 5.41) is 0. The lowest BCUT2D eigenvalue weighted by Crippen LogP contribution is -2.52. The Labute approximate surface area is 206 Å². The number of rotatable bonds is 3. The van der Waals surface area contributed by atoms with Crippen LogP contribution in [0, 0.1) is 12.7 Å². The average Bonchev–Trinajstić information content (AvgIpc) is 3.17. The fraction of sp³-hybridized carbons (Fsp3) is 0.500. The van der Waals surface area contributed by atoms with E-state index in [1.165, 1.54) is 6.07 Å². The molecule has 35 heavy (non-hydrogen) atoms. The van der Waals surface area contributed by atoms with Crippen LogP contribution in [-0.2, 0) is 10.2 Å². The van der Waals surface area contributed by atoms with E-state index >= 15 is 0 Å². The zero-order valence-electron chi connectivity index (χ0n) is 20.6. The van der Waals surface area contributed by atoms with E-state index in [0.29, 0.717) is 24.8 Å². The fourth-order valence-corrected chi connectivity index (χ4v) is 6.15. The molecular weight excluding hydrogens is 445 g/mol. The lowest BCUT2D eigenvalue weighted by atomic mass is 9.74. The van der Waals surface area contributed by atoms with Gasteiger partial charge >= 0.3 is 6.09 Å². The van der Waals surface area contributed by atoms with Crippen LogP contribution in [0.5, 0.6) is 0 Å². The van der Waals surface area contributed by atoms with Crippen LogP contribution >= 0.6 is 0 Å². The zero-order chi connectivity index (χ0) is 24.6. The standard InChI is InChI=1S/C28H34FN3O3/c1-3-35-27(34)31-14-10-22(11-15-31)30-16-12-28(13-17-30)19-32(25-9-8-21(29)18-24(25)28)26(33)23-7-5-4-6-20(23)2/h4-9,18,22H,3,10-17,19H2,1-2H3. The smallest absolute Gasteiger partial charge is 0.409 e. The van der Waals surface area contributed by atoms with Crippen LogP contribution in [-0.4, -0.2) is 67.2 Å². The third-order valence-corrected chi connectivity index (χ3v) is 8.16. The van der Waals surface area contributed by atoms with Gasteiger partial charge in [-0.1, -0.05) is 18.2 Å². The van der Waals surface area contributed by atoms with Crippen LogP contribution in [0.3, 0.4) is 0 Å². The Morgan fingerprint density at radius 2 is 1.77 bits per heavy atom. The second-order valence-electron chi connectivity index (χ2n) is 10.1. The van der Waals surface area contributed by atoms with Gasteiger partial charge in [-0.15, -0.1) is 0 Å². The largest absolute Gasteiger partial charge is 0.450 e. The number of piperidine rings is 2. The highest BCUT2D eigenvalue weighted by Crippen LogP contribution is 2.48. The average molecular weight is 480 g/mol. The minimum absolute atomic E-state index is 0.0124. The lowest BCUT2D eigenvalue weighted by Gasteiger charge is -2.45. The Balaban J connectivity index is 1.30. The number of nitrogens with zero attached hydrogens (tertiary/aromatic N) is 3. The number of fused-ring (bicyclic) bond motifs is 2. The van der Waals surface area contributed by atoms with Crippen molar-refractivity contribution in [2.24, 2.45) is 0 Å². The maximum atomic E-state index is 14.4. The van der Waals surface area contributed by atoms with Gasteiger partial charge in [-0.2, -0.15) is 0 Å². The van der Waals surface area contributed by atoms with E-state index in [1.54, 1.807) is 17.0 Å². The van der Waals surface area contributed by atoms with Gasteiger partial charge in [0.25, 0.3) is 5.91 Å².